The highest BCUT2D eigenvalue weighted by atomic mass is 16.3. The number of fused-ring (bicyclic) bond motifs is 1. The molecule has 1 N–H and O–H groups in total. The summed E-state index contributed by atoms with van der Waals surface area (Å²) in [6.45, 7) is 4.26. The van der Waals surface area contributed by atoms with E-state index in [4.69, 9.17) is 0 Å². The van der Waals surface area contributed by atoms with E-state index in [-0.39, 0.29) is 18.1 Å². The van der Waals surface area contributed by atoms with Gasteiger partial charge in [0.15, 0.2) is 0 Å². The Hall–Kier alpha value is -0.830. The second-order valence-electron chi connectivity index (χ2n) is 3.92. The fourth-order valence-electron chi connectivity index (χ4n) is 2.65. The average molecular weight is 181 g/mol. The fraction of sp³-hybridized carbons (Fsp3) is 0.700. The number of nitrogens with zero attached hydrogens (tertiary/aromatic N) is 1. The molecule has 0 bridgehead atoms. The number of rotatable bonds is 1. The molecule has 2 fully saturated rings. The molecule has 72 valence electrons. The second kappa shape index (κ2) is 3.14. The molecule has 13 heavy (non-hydrogen) atoms. The Morgan fingerprint density at radius 1 is 1.46 bits per heavy atom. The quantitative estimate of drug-likeness (QED) is 0.600. The Bertz CT molecular complexity index is 239. The van der Waals surface area contributed by atoms with Gasteiger partial charge in [-0.1, -0.05) is 6.58 Å². The summed E-state index contributed by atoms with van der Waals surface area (Å²) >= 11 is 0. The van der Waals surface area contributed by atoms with Crippen LogP contribution in [0.5, 0.6) is 0 Å². The SMILES string of the molecule is C=CC(=O)N1CC[C@@H]2CC[C@@H](O)[C@@H]21. The minimum absolute atomic E-state index is 0.0338. The van der Waals surface area contributed by atoms with E-state index in [1.54, 1.807) is 4.90 Å². The molecular formula is C10H15NO2. The first-order chi connectivity index (χ1) is 6.24. The molecule has 0 spiro atoms. The Balaban J connectivity index is 2.14. The molecule has 1 amide bonds. The van der Waals surface area contributed by atoms with E-state index in [0.29, 0.717) is 5.92 Å². The highest BCUT2D eigenvalue weighted by Gasteiger charge is 2.44. The molecule has 0 radical (unpaired) electrons. The topological polar surface area (TPSA) is 40.5 Å². The van der Waals surface area contributed by atoms with Gasteiger partial charge in [0.25, 0.3) is 0 Å². The molecule has 0 aromatic carbocycles. The van der Waals surface area contributed by atoms with Gasteiger partial charge in [0, 0.05) is 6.54 Å². The third-order valence-electron chi connectivity index (χ3n) is 3.27. The van der Waals surface area contributed by atoms with Crippen molar-refractivity contribution < 1.29 is 9.90 Å². The van der Waals surface area contributed by atoms with E-state index in [1.165, 1.54) is 6.08 Å². The Kier molecular flexibility index (Phi) is 2.12. The van der Waals surface area contributed by atoms with Crippen LogP contribution in [0.25, 0.3) is 0 Å². The zero-order chi connectivity index (χ0) is 9.42. The molecule has 1 saturated heterocycles. The standard InChI is InChI=1S/C10H15NO2/c1-2-9(13)11-6-5-7-3-4-8(12)10(7)11/h2,7-8,10,12H,1,3-6H2/t7-,8+,10+/m0/s1. The number of hydrogen-bond acceptors (Lipinski definition) is 2. The zero-order valence-electron chi connectivity index (χ0n) is 7.65. The molecule has 0 aromatic rings. The Labute approximate surface area is 78.0 Å². The summed E-state index contributed by atoms with van der Waals surface area (Å²) < 4.78 is 0. The van der Waals surface area contributed by atoms with Crippen molar-refractivity contribution in [1.29, 1.82) is 0 Å². The summed E-state index contributed by atoms with van der Waals surface area (Å²) in [5.74, 6) is 0.493. The molecule has 0 unspecified atom stereocenters. The lowest BCUT2D eigenvalue weighted by Crippen LogP contribution is -2.41. The number of likely N-dealkylation sites (tertiary alicyclic amines) is 1. The Morgan fingerprint density at radius 3 is 2.92 bits per heavy atom. The van der Waals surface area contributed by atoms with E-state index < -0.39 is 0 Å². The zero-order valence-corrected chi connectivity index (χ0v) is 7.65. The van der Waals surface area contributed by atoms with Gasteiger partial charge in [0.2, 0.25) is 5.91 Å². The van der Waals surface area contributed by atoms with Crippen LogP contribution in [0.2, 0.25) is 0 Å². The lowest BCUT2D eigenvalue weighted by molar-refractivity contribution is -0.128. The number of aliphatic hydroxyl groups excluding tert-OH is 1. The minimum atomic E-state index is -0.309. The summed E-state index contributed by atoms with van der Waals surface area (Å²) in [7, 11) is 0. The van der Waals surface area contributed by atoms with Crippen molar-refractivity contribution in [3.63, 3.8) is 0 Å². The molecule has 1 aliphatic heterocycles. The number of carbonyl (C=O) groups is 1. The van der Waals surface area contributed by atoms with Gasteiger partial charge < -0.3 is 10.0 Å². The van der Waals surface area contributed by atoms with Crippen LogP contribution in [0.1, 0.15) is 19.3 Å². The van der Waals surface area contributed by atoms with Crippen molar-refractivity contribution in [3.05, 3.63) is 12.7 Å². The number of hydrogen-bond donors (Lipinski definition) is 1. The van der Waals surface area contributed by atoms with Gasteiger partial charge in [-0.25, -0.2) is 0 Å². The van der Waals surface area contributed by atoms with Crippen LogP contribution in [0.3, 0.4) is 0 Å². The maximum Gasteiger partial charge on any atom is 0.246 e. The van der Waals surface area contributed by atoms with Crippen molar-refractivity contribution in [2.75, 3.05) is 6.54 Å². The first-order valence-electron chi connectivity index (χ1n) is 4.85. The van der Waals surface area contributed by atoms with Crippen LogP contribution in [-0.4, -0.2) is 34.6 Å². The molecule has 0 aromatic heterocycles. The molecule has 3 heteroatoms. The van der Waals surface area contributed by atoms with Gasteiger partial charge in [-0.2, -0.15) is 0 Å². The largest absolute Gasteiger partial charge is 0.391 e. The van der Waals surface area contributed by atoms with Gasteiger partial charge in [-0.05, 0) is 31.3 Å². The maximum absolute atomic E-state index is 11.4. The van der Waals surface area contributed by atoms with Crippen molar-refractivity contribution in [3.8, 4) is 0 Å². The third kappa shape index (κ3) is 1.27. The van der Waals surface area contributed by atoms with Crippen molar-refractivity contribution in [2.24, 2.45) is 5.92 Å². The van der Waals surface area contributed by atoms with Crippen LogP contribution in [-0.2, 0) is 4.79 Å². The van der Waals surface area contributed by atoms with Crippen molar-refractivity contribution in [1.82, 2.24) is 4.90 Å². The number of amides is 1. The molecule has 1 heterocycles. The second-order valence-corrected chi connectivity index (χ2v) is 3.92. The number of carbonyl (C=O) groups excluding carboxylic acids is 1. The van der Waals surface area contributed by atoms with Crippen LogP contribution in [0, 0.1) is 5.92 Å². The predicted molar refractivity (Wildman–Crippen MR) is 49.0 cm³/mol. The van der Waals surface area contributed by atoms with E-state index in [2.05, 4.69) is 6.58 Å². The van der Waals surface area contributed by atoms with Crippen LogP contribution < -0.4 is 0 Å². The summed E-state index contributed by atoms with van der Waals surface area (Å²) in [4.78, 5) is 13.2. The lowest BCUT2D eigenvalue weighted by atomic mass is 10.0. The smallest absolute Gasteiger partial charge is 0.246 e. The van der Waals surface area contributed by atoms with Crippen LogP contribution in [0.15, 0.2) is 12.7 Å². The molecule has 1 aliphatic carbocycles. The average Bonchev–Trinajstić information content (AvgIpc) is 2.68. The van der Waals surface area contributed by atoms with E-state index in [9.17, 15) is 9.90 Å². The van der Waals surface area contributed by atoms with Gasteiger partial charge in [0.05, 0.1) is 12.1 Å². The molecule has 2 aliphatic rings. The lowest BCUT2D eigenvalue weighted by Gasteiger charge is -2.25. The molecule has 3 atom stereocenters. The fourth-order valence-corrected chi connectivity index (χ4v) is 2.65. The maximum atomic E-state index is 11.4. The van der Waals surface area contributed by atoms with Gasteiger partial charge in [-0.15, -0.1) is 0 Å². The highest BCUT2D eigenvalue weighted by molar-refractivity contribution is 5.87. The molecule has 1 saturated carbocycles. The van der Waals surface area contributed by atoms with Crippen LogP contribution in [0.4, 0.5) is 0 Å². The summed E-state index contributed by atoms with van der Waals surface area (Å²) in [6, 6.07) is 0.0745. The summed E-state index contributed by atoms with van der Waals surface area (Å²) in [5, 5.41) is 9.69. The normalized spacial score (nSPS) is 37.6. The molecular weight excluding hydrogens is 166 g/mol. The van der Waals surface area contributed by atoms with E-state index in [0.717, 1.165) is 25.8 Å². The monoisotopic (exact) mass is 181 g/mol. The van der Waals surface area contributed by atoms with Crippen molar-refractivity contribution >= 4 is 5.91 Å². The highest BCUT2D eigenvalue weighted by Crippen LogP contribution is 2.37. The summed E-state index contributed by atoms with van der Waals surface area (Å²) in [6.07, 6.45) is 3.98. The van der Waals surface area contributed by atoms with Gasteiger partial charge in [0.1, 0.15) is 0 Å². The minimum Gasteiger partial charge on any atom is -0.391 e. The molecule has 2 rings (SSSR count). The molecule has 3 nitrogen and oxygen atoms in total. The predicted octanol–water partition coefficient (Wildman–Crippen LogP) is 0.544. The summed E-state index contributed by atoms with van der Waals surface area (Å²) in [5.41, 5.74) is 0. The van der Waals surface area contributed by atoms with E-state index >= 15 is 0 Å². The van der Waals surface area contributed by atoms with Crippen molar-refractivity contribution in [2.45, 2.75) is 31.4 Å². The van der Waals surface area contributed by atoms with Gasteiger partial charge >= 0.3 is 0 Å². The number of aliphatic hydroxyl groups is 1. The van der Waals surface area contributed by atoms with Gasteiger partial charge in [-0.3, -0.25) is 4.79 Å². The first-order valence-corrected chi connectivity index (χ1v) is 4.85. The third-order valence-corrected chi connectivity index (χ3v) is 3.27. The van der Waals surface area contributed by atoms with E-state index in [1.807, 2.05) is 0 Å². The first kappa shape index (κ1) is 8.75. The van der Waals surface area contributed by atoms with Crippen LogP contribution >= 0.6 is 0 Å². The Morgan fingerprint density at radius 2 is 2.23 bits per heavy atom.